The summed E-state index contributed by atoms with van der Waals surface area (Å²) in [5, 5.41) is 10.8. The maximum Gasteiger partial charge on any atom is 0.0970 e. The van der Waals surface area contributed by atoms with E-state index in [2.05, 4.69) is 13.8 Å². The van der Waals surface area contributed by atoms with Crippen LogP contribution in [0.3, 0.4) is 0 Å². The molecule has 0 saturated heterocycles. The zero-order chi connectivity index (χ0) is 12.3. The fourth-order valence-corrected chi connectivity index (χ4v) is 2.77. The lowest BCUT2D eigenvalue weighted by molar-refractivity contribution is 0.0471. The molecule has 2 rings (SSSR count). The standard InChI is InChI=1S/C16H22O/c1-3-4-8-14-12-16(17,11-13(14)2)15-9-6-5-7-10-15/h5-7,9-10,17H,3-4,8,11-12H2,1-2H3. The van der Waals surface area contributed by atoms with Gasteiger partial charge in [-0.15, -0.1) is 0 Å². The second kappa shape index (κ2) is 5.05. The lowest BCUT2D eigenvalue weighted by Crippen LogP contribution is -2.22. The molecule has 1 N–H and O–H groups in total. The molecule has 0 aliphatic heterocycles. The van der Waals surface area contributed by atoms with E-state index in [1.54, 1.807) is 0 Å². The highest BCUT2D eigenvalue weighted by atomic mass is 16.3. The van der Waals surface area contributed by atoms with Crippen LogP contribution in [0.1, 0.15) is 51.5 Å². The molecule has 1 aromatic rings. The Hall–Kier alpha value is -1.08. The van der Waals surface area contributed by atoms with E-state index in [1.807, 2.05) is 30.3 Å². The number of benzene rings is 1. The van der Waals surface area contributed by atoms with E-state index < -0.39 is 5.60 Å². The Morgan fingerprint density at radius 1 is 1.18 bits per heavy atom. The first-order valence-electron chi connectivity index (χ1n) is 6.61. The van der Waals surface area contributed by atoms with Crippen LogP contribution in [0.4, 0.5) is 0 Å². The van der Waals surface area contributed by atoms with E-state index >= 15 is 0 Å². The molecule has 17 heavy (non-hydrogen) atoms. The van der Waals surface area contributed by atoms with E-state index in [4.69, 9.17) is 0 Å². The van der Waals surface area contributed by atoms with Gasteiger partial charge >= 0.3 is 0 Å². The van der Waals surface area contributed by atoms with Gasteiger partial charge in [-0.1, -0.05) is 54.8 Å². The van der Waals surface area contributed by atoms with Gasteiger partial charge in [0.25, 0.3) is 0 Å². The lowest BCUT2D eigenvalue weighted by atomic mass is 9.89. The molecule has 0 spiro atoms. The molecule has 0 fully saturated rings. The SMILES string of the molecule is CCCCC1=C(C)CC(O)(c2ccccc2)C1. The normalized spacial score (nSPS) is 24.4. The predicted molar refractivity (Wildman–Crippen MR) is 71.8 cm³/mol. The van der Waals surface area contributed by atoms with Crippen LogP contribution in [0.25, 0.3) is 0 Å². The molecule has 1 aromatic carbocycles. The molecule has 1 atom stereocenters. The summed E-state index contributed by atoms with van der Waals surface area (Å²) in [6.07, 6.45) is 5.23. The molecule has 1 nitrogen and oxygen atoms in total. The summed E-state index contributed by atoms with van der Waals surface area (Å²) in [5.74, 6) is 0. The van der Waals surface area contributed by atoms with Crippen LogP contribution in [0.2, 0.25) is 0 Å². The molecule has 0 aromatic heterocycles. The summed E-state index contributed by atoms with van der Waals surface area (Å²) >= 11 is 0. The van der Waals surface area contributed by atoms with Crippen molar-refractivity contribution >= 4 is 0 Å². The van der Waals surface area contributed by atoms with Crippen LogP contribution < -0.4 is 0 Å². The summed E-state index contributed by atoms with van der Waals surface area (Å²) in [6, 6.07) is 10.1. The Morgan fingerprint density at radius 3 is 2.53 bits per heavy atom. The smallest absolute Gasteiger partial charge is 0.0970 e. The largest absolute Gasteiger partial charge is 0.384 e. The van der Waals surface area contributed by atoms with Crippen molar-refractivity contribution in [2.24, 2.45) is 0 Å². The van der Waals surface area contributed by atoms with Crippen molar-refractivity contribution in [1.82, 2.24) is 0 Å². The topological polar surface area (TPSA) is 20.2 Å². The number of hydrogen-bond acceptors (Lipinski definition) is 1. The van der Waals surface area contributed by atoms with E-state index in [-0.39, 0.29) is 0 Å². The lowest BCUT2D eigenvalue weighted by Gasteiger charge is -2.23. The molecule has 1 aliphatic rings. The number of aliphatic hydroxyl groups is 1. The average Bonchev–Trinajstić information content (AvgIpc) is 2.64. The molecule has 92 valence electrons. The van der Waals surface area contributed by atoms with Crippen molar-refractivity contribution in [2.45, 2.75) is 51.6 Å². The zero-order valence-corrected chi connectivity index (χ0v) is 10.9. The minimum Gasteiger partial charge on any atom is -0.384 e. The third kappa shape index (κ3) is 2.61. The van der Waals surface area contributed by atoms with E-state index in [0.29, 0.717) is 0 Å². The Labute approximate surface area is 104 Å². The van der Waals surface area contributed by atoms with Crippen molar-refractivity contribution < 1.29 is 5.11 Å². The van der Waals surface area contributed by atoms with Crippen LogP contribution in [-0.2, 0) is 5.60 Å². The summed E-state index contributed by atoms with van der Waals surface area (Å²) in [5.41, 5.74) is 3.28. The summed E-state index contributed by atoms with van der Waals surface area (Å²) < 4.78 is 0. The van der Waals surface area contributed by atoms with Crippen LogP contribution in [0.5, 0.6) is 0 Å². The molecule has 1 unspecified atom stereocenters. The number of rotatable bonds is 4. The maximum atomic E-state index is 10.8. The highest BCUT2D eigenvalue weighted by Crippen LogP contribution is 2.43. The molecule has 0 radical (unpaired) electrons. The highest BCUT2D eigenvalue weighted by Gasteiger charge is 2.36. The first kappa shape index (κ1) is 12.4. The zero-order valence-electron chi connectivity index (χ0n) is 10.9. The van der Waals surface area contributed by atoms with E-state index in [1.165, 1.54) is 24.0 Å². The first-order valence-corrected chi connectivity index (χ1v) is 6.61. The van der Waals surface area contributed by atoms with Crippen LogP contribution in [0, 0.1) is 0 Å². The summed E-state index contributed by atoms with van der Waals surface area (Å²) in [6.45, 7) is 4.39. The monoisotopic (exact) mass is 230 g/mol. The quantitative estimate of drug-likeness (QED) is 0.769. The van der Waals surface area contributed by atoms with E-state index in [9.17, 15) is 5.11 Å². The van der Waals surface area contributed by atoms with Gasteiger partial charge in [-0.25, -0.2) is 0 Å². The second-order valence-electron chi connectivity index (χ2n) is 5.24. The van der Waals surface area contributed by atoms with Crippen molar-refractivity contribution in [3.05, 3.63) is 47.0 Å². The Morgan fingerprint density at radius 2 is 1.88 bits per heavy atom. The maximum absolute atomic E-state index is 10.8. The molecule has 1 aliphatic carbocycles. The predicted octanol–water partition coefficient (Wildman–Crippen LogP) is 4.17. The van der Waals surface area contributed by atoms with E-state index in [0.717, 1.165) is 24.8 Å². The van der Waals surface area contributed by atoms with Crippen LogP contribution in [0.15, 0.2) is 41.5 Å². The minimum atomic E-state index is -0.644. The van der Waals surface area contributed by atoms with Crippen molar-refractivity contribution in [3.63, 3.8) is 0 Å². The van der Waals surface area contributed by atoms with Crippen LogP contribution >= 0.6 is 0 Å². The van der Waals surface area contributed by atoms with Gasteiger partial charge in [-0.3, -0.25) is 0 Å². The fraction of sp³-hybridized carbons (Fsp3) is 0.500. The molecular formula is C16H22O. The van der Waals surface area contributed by atoms with Gasteiger partial charge in [0.15, 0.2) is 0 Å². The Kier molecular flexibility index (Phi) is 3.68. The van der Waals surface area contributed by atoms with Gasteiger partial charge in [0.1, 0.15) is 0 Å². The van der Waals surface area contributed by atoms with Gasteiger partial charge < -0.3 is 5.11 Å². The third-order valence-corrected chi connectivity index (χ3v) is 3.81. The molecule has 0 bridgehead atoms. The Bertz CT molecular complexity index is 405. The average molecular weight is 230 g/mol. The molecule has 0 saturated carbocycles. The minimum absolute atomic E-state index is 0.644. The second-order valence-corrected chi connectivity index (χ2v) is 5.24. The van der Waals surface area contributed by atoms with Crippen molar-refractivity contribution in [1.29, 1.82) is 0 Å². The van der Waals surface area contributed by atoms with Crippen molar-refractivity contribution in [2.75, 3.05) is 0 Å². The summed E-state index contributed by atoms with van der Waals surface area (Å²) in [4.78, 5) is 0. The van der Waals surface area contributed by atoms with Gasteiger partial charge in [-0.05, 0) is 25.3 Å². The highest BCUT2D eigenvalue weighted by molar-refractivity contribution is 5.33. The number of hydrogen-bond donors (Lipinski definition) is 1. The Balaban J connectivity index is 2.13. The van der Waals surface area contributed by atoms with Gasteiger partial charge in [0.05, 0.1) is 5.60 Å². The third-order valence-electron chi connectivity index (χ3n) is 3.81. The van der Waals surface area contributed by atoms with Gasteiger partial charge in [0, 0.05) is 12.8 Å². The molecular weight excluding hydrogens is 208 g/mol. The van der Waals surface area contributed by atoms with Crippen LogP contribution in [-0.4, -0.2) is 5.11 Å². The fourth-order valence-electron chi connectivity index (χ4n) is 2.77. The molecule has 1 heteroatoms. The van der Waals surface area contributed by atoms with Gasteiger partial charge in [-0.2, -0.15) is 0 Å². The molecule has 0 amide bonds. The van der Waals surface area contributed by atoms with Gasteiger partial charge in [0.2, 0.25) is 0 Å². The first-order chi connectivity index (χ1) is 8.15. The van der Waals surface area contributed by atoms with Crippen molar-refractivity contribution in [3.8, 4) is 0 Å². The number of unbranched alkanes of at least 4 members (excludes halogenated alkanes) is 1. The molecule has 0 heterocycles. The summed E-state index contributed by atoms with van der Waals surface area (Å²) in [7, 11) is 0.